The smallest absolute Gasteiger partial charge is 0.330 e. The molecule has 0 bridgehead atoms. The summed E-state index contributed by atoms with van der Waals surface area (Å²) >= 11 is 0. The van der Waals surface area contributed by atoms with Crippen molar-refractivity contribution in [2.45, 2.75) is 121 Å². The molecule has 1 aliphatic rings. The summed E-state index contributed by atoms with van der Waals surface area (Å²) in [4.78, 5) is 11.8. The Balaban J connectivity index is 2.03. The molecule has 0 saturated carbocycles. The van der Waals surface area contributed by atoms with Crippen molar-refractivity contribution < 1.29 is 44.5 Å². The Kier molecular flexibility index (Phi) is 18.8. The van der Waals surface area contributed by atoms with Crippen LogP contribution in [0.2, 0.25) is 0 Å². The summed E-state index contributed by atoms with van der Waals surface area (Å²) in [5, 5.41) is 48.4. The number of hydrogen-bond donors (Lipinski definition) is 5. The first kappa shape index (κ1) is 32.7. The van der Waals surface area contributed by atoms with Gasteiger partial charge in [-0.15, -0.1) is 0 Å². The molecular formula is C27H48O9. The fraction of sp³-hybridized carbons (Fsp3) is 0.815. The summed E-state index contributed by atoms with van der Waals surface area (Å²) in [6.45, 7) is 1.01. The molecule has 210 valence electrons. The summed E-state index contributed by atoms with van der Waals surface area (Å²) in [6, 6.07) is 0. The molecule has 0 aromatic carbocycles. The van der Waals surface area contributed by atoms with Crippen molar-refractivity contribution in [2.75, 3.05) is 19.8 Å². The Morgan fingerprint density at radius 1 is 0.833 bits per heavy atom. The molecule has 1 rings (SSSR count). The highest BCUT2D eigenvalue weighted by Crippen LogP contribution is 2.22. The van der Waals surface area contributed by atoms with Crippen LogP contribution >= 0.6 is 0 Å². The second-order valence-corrected chi connectivity index (χ2v) is 9.38. The van der Waals surface area contributed by atoms with E-state index in [0.717, 1.165) is 32.1 Å². The average Bonchev–Trinajstić information content (AvgIpc) is 2.88. The van der Waals surface area contributed by atoms with Crippen molar-refractivity contribution >= 4 is 5.97 Å². The van der Waals surface area contributed by atoms with Gasteiger partial charge in [-0.25, -0.2) is 4.79 Å². The van der Waals surface area contributed by atoms with Gasteiger partial charge in [0, 0.05) is 6.08 Å². The van der Waals surface area contributed by atoms with E-state index in [0.29, 0.717) is 0 Å². The number of allylic oxidation sites excluding steroid dienone is 3. The molecule has 36 heavy (non-hydrogen) atoms. The van der Waals surface area contributed by atoms with Gasteiger partial charge in [-0.2, -0.15) is 0 Å². The van der Waals surface area contributed by atoms with Crippen molar-refractivity contribution in [2.24, 2.45) is 0 Å². The summed E-state index contributed by atoms with van der Waals surface area (Å²) in [5.41, 5.74) is 0. The predicted octanol–water partition coefficient (Wildman–Crippen LogP) is 2.52. The van der Waals surface area contributed by atoms with Crippen LogP contribution in [-0.4, -0.2) is 88.1 Å². The van der Waals surface area contributed by atoms with Gasteiger partial charge in [0.1, 0.15) is 37.1 Å². The van der Waals surface area contributed by atoms with Crippen LogP contribution in [0.15, 0.2) is 24.3 Å². The van der Waals surface area contributed by atoms with Gasteiger partial charge in [0.05, 0.1) is 13.2 Å². The molecule has 0 aromatic rings. The van der Waals surface area contributed by atoms with Crippen LogP contribution in [0.5, 0.6) is 0 Å². The van der Waals surface area contributed by atoms with Gasteiger partial charge in [-0.1, -0.05) is 63.7 Å². The standard InChI is InChI=1S/C27H48O9/c1-2-3-4-5-6-7-8-9-10-11-12-13-14-15-16-17-23(30)34-19-21(29)20-35-27-26(33)25(32)24(31)22(18-28)36-27/h9-10,16-17,21-22,24-29,31-33H,2-8,11-15,18-20H2,1H3/b10-9-,17-16-/t21-,22-,24-,25+,26-,27-/m1/s1. The van der Waals surface area contributed by atoms with E-state index in [1.807, 2.05) is 0 Å². The molecule has 0 unspecified atom stereocenters. The molecule has 0 radical (unpaired) electrons. The van der Waals surface area contributed by atoms with E-state index < -0.39 is 49.4 Å². The van der Waals surface area contributed by atoms with Gasteiger partial charge in [0.25, 0.3) is 0 Å². The van der Waals surface area contributed by atoms with Crippen LogP contribution in [0.4, 0.5) is 0 Å². The third-order valence-corrected chi connectivity index (χ3v) is 6.11. The Hall–Kier alpha value is -1.33. The number of ether oxygens (including phenoxy) is 3. The molecule has 6 atom stereocenters. The van der Waals surface area contributed by atoms with Crippen molar-refractivity contribution in [3.63, 3.8) is 0 Å². The monoisotopic (exact) mass is 516 g/mol. The first-order valence-electron chi connectivity index (χ1n) is 13.5. The zero-order valence-electron chi connectivity index (χ0n) is 21.7. The summed E-state index contributed by atoms with van der Waals surface area (Å²) < 4.78 is 15.4. The molecule has 1 heterocycles. The number of aliphatic hydroxyl groups is 5. The van der Waals surface area contributed by atoms with Gasteiger partial charge >= 0.3 is 5.97 Å². The summed E-state index contributed by atoms with van der Waals surface area (Å²) in [7, 11) is 0. The fourth-order valence-corrected chi connectivity index (χ4v) is 3.84. The Morgan fingerprint density at radius 2 is 1.42 bits per heavy atom. The number of hydrogen-bond acceptors (Lipinski definition) is 9. The number of unbranched alkanes of at least 4 members (excludes halogenated alkanes) is 10. The van der Waals surface area contributed by atoms with E-state index in [1.165, 1.54) is 51.0 Å². The topological polar surface area (TPSA) is 146 Å². The van der Waals surface area contributed by atoms with E-state index in [4.69, 9.17) is 19.3 Å². The maximum absolute atomic E-state index is 11.8. The lowest BCUT2D eigenvalue weighted by atomic mass is 9.99. The highest BCUT2D eigenvalue weighted by Gasteiger charge is 2.44. The largest absolute Gasteiger partial charge is 0.460 e. The van der Waals surface area contributed by atoms with E-state index >= 15 is 0 Å². The van der Waals surface area contributed by atoms with Crippen LogP contribution in [0.1, 0.15) is 84.0 Å². The van der Waals surface area contributed by atoms with Gasteiger partial charge < -0.3 is 39.7 Å². The van der Waals surface area contributed by atoms with Crippen LogP contribution in [0.3, 0.4) is 0 Å². The maximum atomic E-state index is 11.8. The van der Waals surface area contributed by atoms with Crippen molar-refractivity contribution in [1.82, 2.24) is 0 Å². The van der Waals surface area contributed by atoms with Crippen LogP contribution in [0.25, 0.3) is 0 Å². The molecule has 1 fully saturated rings. The van der Waals surface area contributed by atoms with E-state index in [9.17, 15) is 25.2 Å². The summed E-state index contributed by atoms with van der Waals surface area (Å²) in [6.07, 6.45) is 13.6. The van der Waals surface area contributed by atoms with E-state index in [2.05, 4.69) is 19.1 Å². The lowest BCUT2D eigenvalue weighted by Crippen LogP contribution is -2.59. The van der Waals surface area contributed by atoms with E-state index in [1.54, 1.807) is 6.08 Å². The van der Waals surface area contributed by atoms with Crippen molar-refractivity contribution in [1.29, 1.82) is 0 Å². The molecule has 0 aromatic heterocycles. The predicted molar refractivity (Wildman–Crippen MR) is 136 cm³/mol. The van der Waals surface area contributed by atoms with Crippen LogP contribution < -0.4 is 0 Å². The molecule has 9 heteroatoms. The second-order valence-electron chi connectivity index (χ2n) is 9.38. The minimum Gasteiger partial charge on any atom is -0.460 e. The molecule has 1 saturated heterocycles. The molecule has 0 aliphatic carbocycles. The minimum atomic E-state index is -1.56. The molecule has 1 aliphatic heterocycles. The minimum absolute atomic E-state index is 0.314. The third-order valence-electron chi connectivity index (χ3n) is 6.11. The fourth-order valence-electron chi connectivity index (χ4n) is 3.84. The number of rotatable bonds is 20. The first-order valence-corrected chi connectivity index (χ1v) is 13.5. The molecule has 0 spiro atoms. The van der Waals surface area contributed by atoms with Crippen molar-refractivity contribution in [3.8, 4) is 0 Å². The van der Waals surface area contributed by atoms with Gasteiger partial charge in [-0.05, 0) is 38.5 Å². The lowest BCUT2D eigenvalue weighted by molar-refractivity contribution is -0.304. The Bertz CT molecular complexity index is 608. The van der Waals surface area contributed by atoms with Crippen LogP contribution in [0, 0.1) is 0 Å². The average molecular weight is 517 g/mol. The maximum Gasteiger partial charge on any atom is 0.330 e. The first-order chi connectivity index (χ1) is 17.4. The number of carbonyl (C=O) groups is 1. The molecular weight excluding hydrogens is 468 g/mol. The van der Waals surface area contributed by atoms with Crippen molar-refractivity contribution in [3.05, 3.63) is 24.3 Å². The quantitative estimate of drug-likeness (QED) is 0.0713. The van der Waals surface area contributed by atoms with Gasteiger partial charge in [-0.3, -0.25) is 0 Å². The Labute approximate surface area is 215 Å². The normalized spacial score (nSPS) is 25.6. The lowest BCUT2D eigenvalue weighted by Gasteiger charge is -2.39. The second kappa shape index (κ2) is 20.7. The van der Waals surface area contributed by atoms with Gasteiger partial charge in [0.15, 0.2) is 6.29 Å². The number of carbonyl (C=O) groups excluding carboxylic acids is 1. The molecule has 9 nitrogen and oxygen atoms in total. The van der Waals surface area contributed by atoms with E-state index in [-0.39, 0.29) is 13.2 Å². The van der Waals surface area contributed by atoms with Gasteiger partial charge in [0.2, 0.25) is 0 Å². The number of esters is 1. The zero-order valence-corrected chi connectivity index (χ0v) is 21.7. The third kappa shape index (κ3) is 14.4. The van der Waals surface area contributed by atoms with Crippen LogP contribution in [-0.2, 0) is 19.0 Å². The highest BCUT2D eigenvalue weighted by molar-refractivity contribution is 5.81. The zero-order chi connectivity index (χ0) is 26.6. The SMILES string of the molecule is CCCCCCCC/C=C\CCCCC/C=C\C(=O)OC[C@@H](O)CO[C@@H]1O[C@H](CO)[C@@H](O)[C@H](O)[C@H]1O. The number of aliphatic hydroxyl groups excluding tert-OH is 5. The summed E-state index contributed by atoms with van der Waals surface area (Å²) in [5.74, 6) is -0.570. The molecule has 5 N–H and O–H groups in total. The highest BCUT2D eigenvalue weighted by atomic mass is 16.7. The Morgan fingerprint density at radius 3 is 2.06 bits per heavy atom. The molecule has 0 amide bonds.